The number of nitrogens with one attached hydrogen (secondary N) is 1. The molecule has 4 heteroatoms. The fraction of sp³-hybridized carbons (Fsp3) is 0.571. The van der Waals surface area contributed by atoms with E-state index in [0.717, 1.165) is 13.1 Å². The van der Waals surface area contributed by atoms with Crippen molar-refractivity contribution in [1.29, 1.82) is 0 Å². The first-order valence-electron chi connectivity index (χ1n) is 6.36. The minimum Gasteiger partial charge on any atom is -0.311 e. The van der Waals surface area contributed by atoms with Crippen LogP contribution in [-0.2, 0) is 6.54 Å². The number of hydrogen-bond acceptors (Lipinski definition) is 2. The second kappa shape index (κ2) is 5.79. The highest BCUT2D eigenvalue weighted by atomic mass is 35.5. The van der Waals surface area contributed by atoms with Crippen molar-refractivity contribution in [1.82, 2.24) is 10.2 Å². The molecule has 1 aliphatic carbocycles. The Balaban J connectivity index is 1.86. The van der Waals surface area contributed by atoms with E-state index in [1.54, 1.807) is 0 Å². The molecule has 1 aromatic carbocycles. The third-order valence-corrected chi connectivity index (χ3v) is 4.74. The van der Waals surface area contributed by atoms with Gasteiger partial charge in [0, 0.05) is 18.6 Å². The van der Waals surface area contributed by atoms with Crippen molar-refractivity contribution in [3.05, 3.63) is 33.8 Å². The van der Waals surface area contributed by atoms with Gasteiger partial charge in [-0.2, -0.15) is 0 Å². The van der Waals surface area contributed by atoms with E-state index in [9.17, 15) is 0 Å². The molecule has 0 saturated heterocycles. The minimum absolute atomic E-state index is 0.357. The van der Waals surface area contributed by atoms with E-state index in [-0.39, 0.29) is 0 Å². The molecule has 1 aliphatic rings. The third-order valence-electron chi connectivity index (χ3n) is 4.00. The molecule has 1 aromatic rings. The van der Waals surface area contributed by atoms with E-state index in [1.165, 1.54) is 24.8 Å². The molecule has 2 rings (SSSR count). The van der Waals surface area contributed by atoms with Gasteiger partial charge in [0.1, 0.15) is 0 Å². The van der Waals surface area contributed by atoms with Crippen LogP contribution in [0.15, 0.2) is 18.2 Å². The number of likely N-dealkylation sites (N-methyl/N-ethyl adjacent to an activating group) is 1. The van der Waals surface area contributed by atoms with Crippen molar-refractivity contribution in [2.24, 2.45) is 0 Å². The molecule has 1 N–H and O–H groups in total. The Labute approximate surface area is 119 Å². The Morgan fingerprint density at radius 2 is 1.94 bits per heavy atom. The molecule has 0 bridgehead atoms. The summed E-state index contributed by atoms with van der Waals surface area (Å²) >= 11 is 11.9. The van der Waals surface area contributed by atoms with Crippen molar-refractivity contribution < 1.29 is 0 Å². The number of halogens is 2. The van der Waals surface area contributed by atoms with Gasteiger partial charge >= 0.3 is 0 Å². The molecular weight excluding hydrogens is 267 g/mol. The van der Waals surface area contributed by atoms with Crippen molar-refractivity contribution in [2.75, 3.05) is 20.6 Å². The maximum Gasteiger partial charge on any atom is 0.0595 e. The molecule has 2 nitrogen and oxygen atoms in total. The lowest BCUT2D eigenvalue weighted by molar-refractivity contribution is 0.0598. The number of nitrogens with zero attached hydrogens (tertiary/aromatic N) is 1. The summed E-state index contributed by atoms with van der Waals surface area (Å²) < 4.78 is 0. The molecule has 0 unspecified atom stereocenters. The number of rotatable bonds is 5. The predicted octanol–water partition coefficient (Wildman–Crippen LogP) is 3.57. The predicted molar refractivity (Wildman–Crippen MR) is 78.4 cm³/mol. The summed E-state index contributed by atoms with van der Waals surface area (Å²) in [6, 6.07) is 5.80. The SMILES string of the molecule is CN(C)C1(CNCc2ccc(Cl)c(Cl)c2)CCC1. The summed E-state index contributed by atoms with van der Waals surface area (Å²) in [6.07, 6.45) is 3.91. The van der Waals surface area contributed by atoms with Gasteiger partial charge in [-0.25, -0.2) is 0 Å². The van der Waals surface area contributed by atoms with Crippen LogP contribution in [0, 0.1) is 0 Å². The lowest BCUT2D eigenvalue weighted by Gasteiger charge is -2.47. The van der Waals surface area contributed by atoms with Crippen LogP contribution < -0.4 is 5.32 Å². The molecule has 1 saturated carbocycles. The summed E-state index contributed by atoms with van der Waals surface area (Å²) in [4.78, 5) is 2.35. The van der Waals surface area contributed by atoms with E-state index >= 15 is 0 Å². The van der Waals surface area contributed by atoms with Crippen molar-refractivity contribution in [2.45, 2.75) is 31.3 Å². The van der Waals surface area contributed by atoms with Crippen LogP contribution >= 0.6 is 23.2 Å². The molecule has 1 fully saturated rings. The second-order valence-electron chi connectivity index (χ2n) is 5.32. The standard InChI is InChI=1S/C14H20Cl2N2/c1-18(2)14(6-3-7-14)10-17-9-11-4-5-12(15)13(16)8-11/h4-5,8,17H,3,6-7,9-10H2,1-2H3. The summed E-state index contributed by atoms with van der Waals surface area (Å²) in [5.41, 5.74) is 1.54. The zero-order valence-corrected chi connectivity index (χ0v) is 12.5. The van der Waals surface area contributed by atoms with E-state index in [2.05, 4.69) is 24.3 Å². The molecule has 0 heterocycles. The average molecular weight is 287 g/mol. The van der Waals surface area contributed by atoms with Crippen LogP contribution in [0.25, 0.3) is 0 Å². The first-order valence-corrected chi connectivity index (χ1v) is 7.11. The van der Waals surface area contributed by atoms with Crippen LogP contribution in [0.3, 0.4) is 0 Å². The fourth-order valence-corrected chi connectivity index (χ4v) is 2.78. The van der Waals surface area contributed by atoms with E-state index in [4.69, 9.17) is 23.2 Å². The molecule has 0 aromatic heterocycles. The zero-order chi connectivity index (χ0) is 13.2. The highest BCUT2D eigenvalue weighted by Gasteiger charge is 2.38. The third kappa shape index (κ3) is 3.00. The monoisotopic (exact) mass is 286 g/mol. The molecule has 0 amide bonds. The van der Waals surface area contributed by atoms with Crippen LogP contribution in [-0.4, -0.2) is 31.1 Å². The van der Waals surface area contributed by atoms with Crippen LogP contribution in [0.2, 0.25) is 10.0 Å². The van der Waals surface area contributed by atoms with Gasteiger partial charge in [-0.05, 0) is 51.1 Å². The van der Waals surface area contributed by atoms with Gasteiger partial charge in [0.2, 0.25) is 0 Å². The van der Waals surface area contributed by atoms with Gasteiger partial charge in [0.15, 0.2) is 0 Å². The first kappa shape index (κ1) is 14.1. The van der Waals surface area contributed by atoms with E-state index in [1.807, 2.05) is 18.2 Å². The minimum atomic E-state index is 0.357. The topological polar surface area (TPSA) is 15.3 Å². The maximum absolute atomic E-state index is 6.00. The summed E-state index contributed by atoms with van der Waals surface area (Å²) in [6.45, 7) is 1.87. The highest BCUT2D eigenvalue weighted by molar-refractivity contribution is 6.42. The smallest absolute Gasteiger partial charge is 0.0595 e. The lowest BCUT2D eigenvalue weighted by atomic mass is 9.75. The van der Waals surface area contributed by atoms with Crippen LogP contribution in [0.5, 0.6) is 0 Å². The van der Waals surface area contributed by atoms with Gasteiger partial charge < -0.3 is 10.2 Å². The molecule has 0 aliphatic heterocycles. The van der Waals surface area contributed by atoms with Crippen molar-refractivity contribution in [3.8, 4) is 0 Å². The van der Waals surface area contributed by atoms with Gasteiger partial charge in [-0.15, -0.1) is 0 Å². The van der Waals surface area contributed by atoms with Crippen molar-refractivity contribution >= 4 is 23.2 Å². The highest BCUT2D eigenvalue weighted by Crippen LogP contribution is 2.35. The Bertz CT molecular complexity index is 414. The maximum atomic E-state index is 6.00. The van der Waals surface area contributed by atoms with Crippen molar-refractivity contribution in [3.63, 3.8) is 0 Å². The molecule has 18 heavy (non-hydrogen) atoms. The Morgan fingerprint density at radius 1 is 1.22 bits per heavy atom. The Kier molecular flexibility index (Phi) is 4.54. The quantitative estimate of drug-likeness (QED) is 0.890. The average Bonchev–Trinajstić information content (AvgIpc) is 2.26. The largest absolute Gasteiger partial charge is 0.311 e. The van der Waals surface area contributed by atoms with Gasteiger partial charge in [0.05, 0.1) is 10.0 Å². The number of hydrogen-bond donors (Lipinski definition) is 1. The molecule has 0 radical (unpaired) electrons. The summed E-state index contributed by atoms with van der Waals surface area (Å²) in [5.74, 6) is 0. The zero-order valence-electron chi connectivity index (χ0n) is 11.0. The lowest BCUT2D eigenvalue weighted by Crippen LogP contribution is -2.56. The van der Waals surface area contributed by atoms with E-state index < -0.39 is 0 Å². The summed E-state index contributed by atoms with van der Waals surface area (Å²) in [5, 5.41) is 4.77. The Morgan fingerprint density at radius 3 is 2.44 bits per heavy atom. The summed E-state index contributed by atoms with van der Waals surface area (Å²) in [7, 11) is 4.33. The van der Waals surface area contributed by atoms with Crippen LogP contribution in [0.4, 0.5) is 0 Å². The molecule has 0 atom stereocenters. The molecular formula is C14H20Cl2N2. The van der Waals surface area contributed by atoms with Gasteiger partial charge in [-0.3, -0.25) is 0 Å². The van der Waals surface area contributed by atoms with Gasteiger partial charge in [0.25, 0.3) is 0 Å². The second-order valence-corrected chi connectivity index (χ2v) is 6.14. The molecule has 0 spiro atoms. The Hall–Kier alpha value is -0.280. The number of benzene rings is 1. The fourth-order valence-electron chi connectivity index (χ4n) is 2.46. The van der Waals surface area contributed by atoms with Gasteiger partial charge in [-0.1, -0.05) is 29.3 Å². The normalized spacial score (nSPS) is 17.8. The molecule has 100 valence electrons. The first-order chi connectivity index (χ1) is 8.53. The van der Waals surface area contributed by atoms with E-state index in [0.29, 0.717) is 15.6 Å². The van der Waals surface area contributed by atoms with Crippen LogP contribution in [0.1, 0.15) is 24.8 Å².